The molecular weight excluding hydrogens is 602 g/mol. The van der Waals surface area contributed by atoms with Crippen molar-refractivity contribution in [2.24, 2.45) is 0 Å². The Labute approximate surface area is 230 Å². The lowest BCUT2D eigenvalue weighted by Gasteiger charge is -2.17. The third-order valence-corrected chi connectivity index (χ3v) is 7.39. The molecule has 4 aromatic rings. The maximum Gasteiger partial charge on any atom is 0.258 e. The predicted octanol–water partition coefficient (Wildman–Crippen LogP) is 7.68. The highest BCUT2D eigenvalue weighted by Crippen LogP contribution is 2.36. The second-order valence-electron chi connectivity index (χ2n) is 7.78. The normalized spacial score (nSPS) is 10.5. The van der Waals surface area contributed by atoms with Gasteiger partial charge in [0.1, 0.15) is 11.1 Å². The number of thioether (sulfide) groups is 1. The molecule has 8 heteroatoms. The molecule has 0 aliphatic heterocycles. The molecule has 0 saturated heterocycles. The monoisotopic (exact) mass is 619 g/mol. The number of para-hydroxylation sites is 1. The summed E-state index contributed by atoms with van der Waals surface area (Å²) in [6.45, 7) is 1.74. The first-order chi connectivity index (χ1) is 17.4. The van der Waals surface area contributed by atoms with E-state index in [1.807, 2.05) is 54.6 Å². The highest BCUT2D eigenvalue weighted by Gasteiger charge is 2.25. The summed E-state index contributed by atoms with van der Waals surface area (Å²) < 4.78 is 1.76. The van der Waals surface area contributed by atoms with Crippen molar-refractivity contribution in [3.05, 3.63) is 110 Å². The van der Waals surface area contributed by atoms with E-state index in [0.717, 1.165) is 8.95 Å². The molecule has 0 fully saturated rings. The molecule has 4 rings (SSSR count). The van der Waals surface area contributed by atoms with Gasteiger partial charge in [0.2, 0.25) is 0 Å². The van der Waals surface area contributed by atoms with E-state index >= 15 is 0 Å². The number of halogens is 2. The zero-order chi connectivity index (χ0) is 25.7. The molecule has 3 aromatic carbocycles. The lowest BCUT2D eigenvalue weighted by Crippen LogP contribution is -2.17. The molecule has 0 radical (unpaired) electrons. The first-order valence-corrected chi connectivity index (χ1v) is 13.4. The largest absolute Gasteiger partial charge is 0.322 e. The molecule has 178 valence electrons. The van der Waals surface area contributed by atoms with Gasteiger partial charge in [0.15, 0.2) is 5.78 Å². The SMILES string of the molecule is Cc1nc(SCC(=O)c2ccc(Br)cc2)c(C#N)c(-c2ccc(Br)cc2)c1C(=O)Nc1ccccc1. The number of pyridine rings is 1. The standard InChI is InChI=1S/C28H19Br2N3O2S/c1-17-25(27(35)33-22-5-3-2-4-6-22)26(19-9-13-21(30)14-10-19)23(15-31)28(32-17)36-16-24(34)18-7-11-20(29)12-8-18/h2-14H,16H2,1H3,(H,33,35). The van der Waals surface area contributed by atoms with Gasteiger partial charge < -0.3 is 5.32 Å². The maximum atomic E-state index is 13.4. The van der Waals surface area contributed by atoms with Gasteiger partial charge in [-0.25, -0.2) is 4.98 Å². The number of carbonyl (C=O) groups excluding carboxylic acids is 2. The quantitative estimate of drug-likeness (QED) is 0.169. The van der Waals surface area contributed by atoms with Gasteiger partial charge >= 0.3 is 0 Å². The average Bonchev–Trinajstić information content (AvgIpc) is 2.88. The van der Waals surface area contributed by atoms with Crippen molar-refractivity contribution in [2.75, 3.05) is 11.1 Å². The van der Waals surface area contributed by atoms with Gasteiger partial charge in [0, 0.05) is 25.8 Å². The van der Waals surface area contributed by atoms with Gasteiger partial charge in [0.25, 0.3) is 5.91 Å². The van der Waals surface area contributed by atoms with E-state index in [1.165, 1.54) is 11.8 Å². The number of carbonyl (C=O) groups is 2. The van der Waals surface area contributed by atoms with E-state index in [4.69, 9.17) is 0 Å². The fraction of sp³-hybridized carbons (Fsp3) is 0.0714. The van der Waals surface area contributed by atoms with Gasteiger partial charge in [0.05, 0.1) is 22.6 Å². The molecule has 0 bridgehead atoms. The van der Waals surface area contributed by atoms with Crippen LogP contribution >= 0.6 is 43.6 Å². The number of ketones is 1. The van der Waals surface area contributed by atoms with Crippen molar-refractivity contribution < 1.29 is 9.59 Å². The van der Waals surface area contributed by atoms with E-state index in [1.54, 1.807) is 31.2 Å². The molecule has 1 aromatic heterocycles. The number of hydrogen-bond donors (Lipinski definition) is 1. The summed E-state index contributed by atoms with van der Waals surface area (Å²) in [5.41, 5.74) is 3.47. The van der Waals surface area contributed by atoms with E-state index < -0.39 is 0 Å². The number of amides is 1. The Balaban J connectivity index is 1.76. The highest BCUT2D eigenvalue weighted by atomic mass is 79.9. The van der Waals surface area contributed by atoms with Gasteiger partial charge in [-0.05, 0) is 48.9 Å². The Hall–Kier alpha value is -3.25. The summed E-state index contributed by atoms with van der Waals surface area (Å²) in [6, 6.07) is 25.9. The van der Waals surface area contributed by atoms with Crippen molar-refractivity contribution in [3.63, 3.8) is 0 Å². The highest BCUT2D eigenvalue weighted by molar-refractivity contribution is 9.10. The summed E-state index contributed by atoms with van der Waals surface area (Å²) in [5, 5.41) is 13.5. The zero-order valence-corrected chi connectivity index (χ0v) is 23.1. The van der Waals surface area contributed by atoms with Crippen LogP contribution in [0, 0.1) is 18.3 Å². The predicted molar refractivity (Wildman–Crippen MR) is 150 cm³/mol. The average molecular weight is 621 g/mol. The molecule has 0 unspecified atom stereocenters. The lowest BCUT2D eigenvalue weighted by molar-refractivity contribution is 0.101. The minimum absolute atomic E-state index is 0.0769. The van der Waals surface area contributed by atoms with Crippen LogP contribution in [0.3, 0.4) is 0 Å². The topological polar surface area (TPSA) is 82.8 Å². The second kappa shape index (κ2) is 11.7. The van der Waals surface area contributed by atoms with Crippen LogP contribution in [-0.4, -0.2) is 22.4 Å². The molecule has 1 N–H and O–H groups in total. The second-order valence-corrected chi connectivity index (χ2v) is 10.6. The Morgan fingerprint density at radius 1 is 0.944 bits per heavy atom. The molecule has 0 aliphatic carbocycles. The Bertz CT molecular complexity index is 1470. The van der Waals surface area contributed by atoms with E-state index in [9.17, 15) is 14.9 Å². The number of aryl methyl sites for hydroxylation is 1. The fourth-order valence-corrected chi connectivity index (χ4v) is 5.09. The summed E-state index contributed by atoms with van der Waals surface area (Å²) in [7, 11) is 0. The van der Waals surface area contributed by atoms with Crippen molar-refractivity contribution in [2.45, 2.75) is 11.9 Å². The number of nitriles is 1. The molecule has 0 spiro atoms. The summed E-state index contributed by atoms with van der Waals surface area (Å²) in [5.74, 6) is -0.326. The fourth-order valence-electron chi connectivity index (χ4n) is 3.64. The van der Waals surface area contributed by atoms with Gasteiger partial charge in [-0.3, -0.25) is 9.59 Å². The van der Waals surface area contributed by atoms with Crippen LogP contribution in [-0.2, 0) is 0 Å². The Morgan fingerprint density at radius 2 is 1.56 bits per heavy atom. The van der Waals surface area contributed by atoms with Crippen molar-refractivity contribution in [1.82, 2.24) is 4.98 Å². The summed E-state index contributed by atoms with van der Waals surface area (Å²) >= 11 is 8.01. The number of aromatic nitrogens is 1. The number of Topliss-reactive ketones (excluding diaryl/α,β-unsaturated/α-hetero) is 1. The van der Waals surface area contributed by atoms with Crippen LogP contribution in [0.5, 0.6) is 0 Å². The van der Waals surface area contributed by atoms with Crippen molar-refractivity contribution in [1.29, 1.82) is 5.26 Å². The third-order valence-electron chi connectivity index (χ3n) is 5.35. The minimum Gasteiger partial charge on any atom is -0.322 e. The zero-order valence-electron chi connectivity index (χ0n) is 19.1. The first kappa shape index (κ1) is 25.8. The number of hydrogen-bond acceptors (Lipinski definition) is 5. The molecule has 0 saturated carbocycles. The molecule has 5 nitrogen and oxygen atoms in total. The van der Waals surface area contributed by atoms with Crippen LogP contribution in [0.4, 0.5) is 5.69 Å². The molecule has 36 heavy (non-hydrogen) atoms. The van der Waals surface area contributed by atoms with Crippen LogP contribution < -0.4 is 5.32 Å². The first-order valence-electron chi connectivity index (χ1n) is 10.9. The number of anilines is 1. The number of nitrogens with one attached hydrogen (secondary N) is 1. The van der Waals surface area contributed by atoms with Crippen LogP contribution in [0.1, 0.15) is 32.0 Å². The smallest absolute Gasteiger partial charge is 0.258 e. The third kappa shape index (κ3) is 5.93. The maximum absolute atomic E-state index is 13.4. The summed E-state index contributed by atoms with van der Waals surface area (Å²) in [4.78, 5) is 30.8. The van der Waals surface area contributed by atoms with E-state index in [2.05, 4.69) is 48.2 Å². The molecule has 1 amide bonds. The summed E-state index contributed by atoms with van der Waals surface area (Å²) in [6.07, 6.45) is 0. The van der Waals surface area contributed by atoms with Crippen molar-refractivity contribution in [3.8, 4) is 17.2 Å². The van der Waals surface area contributed by atoms with Crippen LogP contribution in [0.25, 0.3) is 11.1 Å². The molecule has 1 heterocycles. The van der Waals surface area contributed by atoms with Gasteiger partial charge in [-0.15, -0.1) is 0 Å². The number of rotatable bonds is 7. The van der Waals surface area contributed by atoms with E-state index in [0.29, 0.717) is 38.7 Å². The molecular formula is C28H19Br2N3O2S. The molecule has 0 atom stereocenters. The number of nitrogens with zero attached hydrogens (tertiary/aromatic N) is 2. The van der Waals surface area contributed by atoms with Crippen LogP contribution in [0.2, 0.25) is 0 Å². The van der Waals surface area contributed by atoms with Crippen LogP contribution in [0.15, 0.2) is 92.8 Å². The van der Waals surface area contributed by atoms with Gasteiger partial charge in [-0.1, -0.05) is 86.1 Å². The minimum atomic E-state index is -0.358. The van der Waals surface area contributed by atoms with Crippen molar-refractivity contribution >= 4 is 61.0 Å². The van der Waals surface area contributed by atoms with Gasteiger partial charge in [-0.2, -0.15) is 5.26 Å². The Morgan fingerprint density at radius 3 is 2.17 bits per heavy atom. The Kier molecular flexibility index (Phi) is 8.36. The molecule has 0 aliphatic rings. The van der Waals surface area contributed by atoms with E-state index in [-0.39, 0.29) is 23.0 Å². The lowest BCUT2D eigenvalue weighted by atomic mass is 9.94. The number of benzene rings is 3.